The third kappa shape index (κ3) is 8.75. The van der Waals surface area contributed by atoms with E-state index in [1.807, 2.05) is 30.3 Å². The molecule has 3 aromatic carbocycles. The van der Waals surface area contributed by atoms with E-state index in [9.17, 15) is 33.0 Å². The molecule has 1 fully saturated rings. The third-order valence-electron chi connectivity index (χ3n) is 7.52. The fourth-order valence-corrected chi connectivity index (χ4v) is 5.75. The van der Waals surface area contributed by atoms with Gasteiger partial charge in [-0.05, 0) is 29.3 Å². The van der Waals surface area contributed by atoms with E-state index in [0.717, 1.165) is 5.56 Å². The highest BCUT2D eigenvalue weighted by Gasteiger charge is 2.47. The van der Waals surface area contributed by atoms with E-state index in [1.165, 1.54) is 40.1 Å². The number of alkyl halides is 2. The van der Waals surface area contributed by atoms with Crippen LogP contribution in [0.3, 0.4) is 0 Å². The van der Waals surface area contributed by atoms with Gasteiger partial charge >= 0.3 is 20.9 Å². The summed E-state index contributed by atoms with van der Waals surface area (Å²) in [4.78, 5) is 62.2. The number of carbonyl (C=O) groups is 3. The first kappa shape index (κ1) is 34.5. The molecule has 2 heterocycles. The number of nitrogens with zero attached hydrogens (tertiary/aromatic N) is 2. The number of para-hydroxylation sites is 1. The summed E-state index contributed by atoms with van der Waals surface area (Å²) >= 11 is 0. The summed E-state index contributed by atoms with van der Waals surface area (Å²) in [6, 6.07) is 17.9. The van der Waals surface area contributed by atoms with Crippen molar-refractivity contribution < 1.29 is 46.9 Å². The molecule has 2 atom stereocenters. The smallest absolute Gasteiger partial charge is 0.427 e. The molecule has 2 aliphatic rings. The Hall–Kier alpha value is -4.82. The first-order valence-electron chi connectivity index (χ1n) is 14.9. The summed E-state index contributed by atoms with van der Waals surface area (Å²) in [6.07, 6.45) is -3.35. The maximum absolute atomic E-state index is 14.2. The number of amides is 4. The number of benzene rings is 3. The van der Waals surface area contributed by atoms with Crippen LogP contribution in [0.1, 0.15) is 16.7 Å². The summed E-state index contributed by atoms with van der Waals surface area (Å²) < 4.78 is 42.2. The molecule has 0 spiro atoms. The average molecular weight is 686 g/mol. The van der Waals surface area contributed by atoms with Gasteiger partial charge < -0.3 is 49.5 Å². The summed E-state index contributed by atoms with van der Waals surface area (Å²) in [5, 5.41) is 8.53. The number of nitrogens with one attached hydrogen (secondary N) is 3. The Morgan fingerprint density at radius 3 is 2.50 bits per heavy atom. The van der Waals surface area contributed by atoms with Crippen molar-refractivity contribution in [2.75, 3.05) is 19.6 Å². The lowest BCUT2D eigenvalue weighted by Crippen LogP contribution is -2.69. The zero-order valence-corrected chi connectivity index (χ0v) is 26.4. The van der Waals surface area contributed by atoms with E-state index in [0.29, 0.717) is 12.1 Å². The topological polar surface area (TPSA) is 162 Å². The molecule has 4 amide bonds. The van der Waals surface area contributed by atoms with Crippen molar-refractivity contribution in [1.29, 1.82) is 0 Å². The Bertz CT molecular complexity index is 1620. The van der Waals surface area contributed by atoms with E-state index in [-0.39, 0.29) is 55.4 Å². The number of ether oxygens (including phenoxy) is 2. The molecule has 0 aliphatic carbocycles. The minimum Gasteiger partial charge on any atom is -0.427 e. The highest BCUT2D eigenvalue weighted by atomic mass is 31.2. The maximum Gasteiger partial charge on any atom is 0.586 e. The Morgan fingerprint density at radius 1 is 1.04 bits per heavy atom. The van der Waals surface area contributed by atoms with Crippen LogP contribution in [0, 0.1) is 0 Å². The molecule has 5 N–H and O–H groups in total. The molecule has 3 aromatic rings. The van der Waals surface area contributed by atoms with Crippen molar-refractivity contribution in [2.24, 2.45) is 0 Å². The molecule has 0 radical (unpaired) electrons. The summed E-state index contributed by atoms with van der Waals surface area (Å²) in [5.41, 5.74) is 1.67. The van der Waals surface area contributed by atoms with Gasteiger partial charge in [-0.25, -0.2) is 4.79 Å². The van der Waals surface area contributed by atoms with Crippen molar-refractivity contribution in [3.8, 4) is 17.2 Å². The monoisotopic (exact) mass is 685 g/mol. The first-order valence-corrected chi connectivity index (χ1v) is 16.0. The number of fused-ring (bicyclic) bond motifs is 1. The maximum atomic E-state index is 14.2. The normalized spacial score (nSPS) is 18.1. The van der Waals surface area contributed by atoms with Gasteiger partial charge in [-0.1, -0.05) is 60.7 Å². The van der Waals surface area contributed by atoms with Crippen LogP contribution in [0.4, 0.5) is 13.6 Å². The number of halogens is 2. The first-order chi connectivity index (χ1) is 23.0. The lowest BCUT2D eigenvalue weighted by molar-refractivity contribution is -0.287. The van der Waals surface area contributed by atoms with Crippen LogP contribution in [0.5, 0.6) is 17.2 Å². The molecule has 2 aliphatic heterocycles. The largest absolute Gasteiger partial charge is 0.586 e. The van der Waals surface area contributed by atoms with Crippen LogP contribution in [-0.4, -0.2) is 75.6 Å². The lowest BCUT2D eigenvalue weighted by Gasteiger charge is -2.46. The van der Waals surface area contributed by atoms with Gasteiger partial charge in [-0.15, -0.1) is 15.4 Å². The van der Waals surface area contributed by atoms with Crippen LogP contribution in [0.2, 0.25) is 0 Å². The van der Waals surface area contributed by atoms with Crippen LogP contribution in [-0.2, 0) is 29.1 Å². The van der Waals surface area contributed by atoms with Gasteiger partial charge in [-0.2, -0.15) is 0 Å². The Balaban J connectivity index is 1.45. The third-order valence-corrected chi connectivity index (χ3v) is 7.89. The standard InChI is InChI=1S/C32H34F2N5O8P/c1-2-15-35-18-28(40)39-25(16-21-11-13-24(14-12-21)47-48(43)44)30(41)38(19-23-9-6-10-26-29(23)46-32(33,34)45-26)20-27(39)37-31(42)36-17-22-7-4-3-5-8-22/h2-14,25,27,35,43-44H,1,15-20H2,(H2,36,37,42)/t25-,27+/m0/s1. The zero-order chi connectivity index (χ0) is 34.3. The van der Waals surface area contributed by atoms with Gasteiger partial charge in [0.05, 0.1) is 13.1 Å². The van der Waals surface area contributed by atoms with Gasteiger partial charge in [0.15, 0.2) is 11.5 Å². The van der Waals surface area contributed by atoms with Crippen molar-refractivity contribution in [2.45, 2.75) is 38.0 Å². The van der Waals surface area contributed by atoms with Crippen molar-refractivity contribution in [3.63, 3.8) is 0 Å². The van der Waals surface area contributed by atoms with E-state index >= 15 is 0 Å². The minimum atomic E-state index is -3.88. The number of carbonyl (C=O) groups excluding carboxylic acids is 3. The Labute approximate surface area is 276 Å². The van der Waals surface area contributed by atoms with Crippen molar-refractivity contribution in [3.05, 3.63) is 102 Å². The summed E-state index contributed by atoms with van der Waals surface area (Å²) in [7, 11) is -2.64. The van der Waals surface area contributed by atoms with Gasteiger partial charge in [0.25, 0.3) is 0 Å². The highest BCUT2D eigenvalue weighted by molar-refractivity contribution is 7.39. The molecule has 0 saturated carbocycles. The van der Waals surface area contributed by atoms with Gasteiger partial charge in [0.2, 0.25) is 11.8 Å². The molecular formula is C32H34F2N5O8P. The number of hydrogen-bond donors (Lipinski definition) is 5. The number of urea groups is 1. The van der Waals surface area contributed by atoms with E-state index in [1.54, 1.807) is 18.2 Å². The second kappa shape index (κ2) is 15.4. The quantitative estimate of drug-likeness (QED) is 0.104. The molecule has 0 unspecified atom stereocenters. The number of rotatable bonds is 13. The average Bonchev–Trinajstić information content (AvgIpc) is 3.38. The molecule has 48 heavy (non-hydrogen) atoms. The summed E-state index contributed by atoms with van der Waals surface area (Å²) in [5.74, 6) is -1.21. The fraction of sp³-hybridized carbons (Fsp3) is 0.281. The molecule has 13 nitrogen and oxygen atoms in total. The lowest BCUT2D eigenvalue weighted by atomic mass is 9.99. The molecule has 1 saturated heterocycles. The molecule has 16 heteroatoms. The fourth-order valence-electron chi connectivity index (χ4n) is 5.44. The predicted molar refractivity (Wildman–Crippen MR) is 169 cm³/mol. The van der Waals surface area contributed by atoms with Gasteiger partial charge in [0.1, 0.15) is 18.0 Å². The molecule has 5 rings (SSSR count). The molecule has 0 aromatic heterocycles. The van der Waals surface area contributed by atoms with Crippen LogP contribution >= 0.6 is 8.60 Å². The number of piperazine rings is 1. The zero-order valence-electron chi connectivity index (χ0n) is 25.6. The molecular weight excluding hydrogens is 651 g/mol. The summed E-state index contributed by atoms with van der Waals surface area (Å²) in [6.45, 7) is 3.61. The second-order valence-corrected chi connectivity index (χ2v) is 11.6. The minimum absolute atomic E-state index is 0.00971. The highest BCUT2D eigenvalue weighted by Crippen LogP contribution is 2.43. The second-order valence-electron chi connectivity index (χ2n) is 10.9. The Morgan fingerprint density at radius 2 is 1.79 bits per heavy atom. The molecule has 0 bridgehead atoms. The molecule has 254 valence electrons. The number of hydrogen-bond acceptors (Lipinski definition) is 9. The van der Waals surface area contributed by atoms with Crippen LogP contribution < -0.4 is 29.9 Å². The van der Waals surface area contributed by atoms with E-state index in [2.05, 4.69) is 27.3 Å². The van der Waals surface area contributed by atoms with Crippen LogP contribution in [0.25, 0.3) is 0 Å². The van der Waals surface area contributed by atoms with Crippen molar-refractivity contribution >= 4 is 26.4 Å². The van der Waals surface area contributed by atoms with Crippen LogP contribution in [0.15, 0.2) is 85.5 Å². The SMILES string of the molecule is C=CCNCC(=O)N1[C@@H](NC(=O)NCc2ccccc2)CN(Cc2cccc3c2OC(F)(F)O3)C(=O)[C@@H]1Cc1ccc(OP(O)O)cc1. The predicted octanol–water partition coefficient (Wildman–Crippen LogP) is 2.98. The van der Waals surface area contributed by atoms with Crippen molar-refractivity contribution in [1.82, 2.24) is 25.8 Å². The Kier molecular flexibility index (Phi) is 11.1. The van der Waals surface area contributed by atoms with E-state index < -0.39 is 45.0 Å². The van der Waals surface area contributed by atoms with Gasteiger partial charge in [0, 0.05) is 31.6 Å². The van der Waals surface area contributed by atoms with E-state index in [4.69, 9.17) is 9.26 Å². The van der Waals surface area contributed by atoms with Gasteiger partial charge in [-0.3, -0.25) is 9.59 Å².